The summed E-state index contributed by atoms with van der Waals surface area (Å²) in [5.74, 6) is 0.361. The van der Waals surface area contributed by atoms with E-state index >= 15 is 0 Å². The predicted molar refractivity (Wildman–Crippen MR) is 88.9 cm³/mol. The molecule has 5 nitrogen and oxygen atoms in total. The monoisotopic (exact) mass is 308 g/mol. The fourth-order valence-corrected chi connectivity index (χ4v) is 4.19. The Morgan fingerprint density at radius 1 is 1.00 bits per heavy atom. The summed E-state index contributed by atoms with van der Waals surface area (Å²) in [7, 11) is 0. The molecule has 0 bridgehead atoms. The van der Waals surface area contributed by atoms with Crippen LogP contribution in [0.15, 0.2) is 0 Å². The molecule has 5 heteroatoms. The third kappa shape index (κ3) is 3.81. The van der Waals surface area contributed by atoms with E-state index in [1.165, 1.54) is 25.7 Å². The summed E-state index contributed by atoms with van der Waals surface area (Å²) >= 11 is 0. The second-order valence-electron chi connectivity index (χ2n) is 7.14. The first-order valence-corrected chi connectivity index (χ1v) is 9.23. The molecule has 0 aromatic heterocycles. The van der Waals surface area contributed by atoms with Crippen molar-refractivity contribution in [3.05, 3.63) is 0 Å². The Morgan fingerprint density at radius 3 is 2.36 bits per heavy atom. The zero-order valence-corrected chi connectivity index (χ0v) is 14.1. The van der Waals surface area contributed by atoms with Crippen molar-refractivity contribution in [1.82, 2.24) is 20.0 Å². The highest BCUT2D eigenvalue weighted by Crippen LogP contribution is 2.19. The van der Waals surface area contributed by atoms with Gasteiger partial charge in [-0.15, -0.1) is 0 Å². The van der Waals surface area contributed by atoms with Gasteiger partial charge in [0.05, 0.1) is 6.04 Å². The average molecular weight is 308 g/mol. The molecule has 0 saturated carbocycles. The Balaban J connectivity index is 1.51. The lowest BCUT2D eigenvalue weighted by atomic mass is 10.2. The van der Waals surface area contributed by atoms with E-state index in [0.717, 1.165) is 58.8 Å². The smallest absolute Gasteiger partial charge is 0.239 e. The molecule has 0 spiro atoms. The van der Waals surface area contributed by atoms with Gasteiger partial charge in [-0.1, -0.05) is 12.8 Å². The normalized spacial score (nSPS) is 30.2. The van der Waals surface area contributed by atoms with E-state index in [4.69, 9.17) is 0 Å². The summed E-state index contributed by atoms with van der Waals surface area (Å²) in [6.07, 6.45) is 6.30. The molecule has 3 fully saturated rings. The minimum Gasteiger partial charge on any atom is -0.340 e. The Bertz CT molecular complexity index is 362. The molecule has 0 aliphatic carbocycles. The predicted octanol–water partition coefficient (Wildman–Crippen LogP) is 0.757. The number of carbonyl (C=O) groups is 1. The van der Waals surface area contributed by atoms with Gasteiger partial charge < -0.3 is 10.2 Å². The van der Waals surface area contributed by atoms with Crippen LogP contribution in [-0.4, -0.2) is 85.0 Å². The molecule has 0 aromatic rings. The zero-order valence-electron chi connectivity index (χ0n) is 14.1. The number of amides is 1. The van der Waals surface area contributed by atoms with Crippen LogP contribution < -0.4 is 5.32 Å². The van der Waals surface area contributed by atoms with Crippen molar-refractivity contribution in [2.45, 2.75) is 51.1 Å². The number of carbonyl (C=O) groups excluding carboxylic acids is 1. The van der Waals surface area contributed by atoms with E-state index < -0.39 is 0 Å². The average Bonchev–Trinajstić information content (AvgIpc) is 2.90. The van der Waals surface area contributed by atoms with Crippen LogP contribution in [0.2, 0.25) is 0 Å². The SMILES string of the molecule is CC(C(=O)N1CCC(N2CCNCC2)C1)N1CCCCCC1. The lowest BCUT2D eigenvalue weighted by molar-refractivity contribution is -0.135. The minimum absolute atomic E-state index is 0.0693. The summed E-state index contributed by atoms with van der Waals surface area (Å²) < 4.78 is 0. The molecule has 1 N–H and O–H groups in total. The maximum Gasteiger partial charge on any atom is 0.239 e. The van der Waals surface area contributed by atoms with Gasteiger partial charge in [0.25, 0.3) is 0 Å². The van der Waals surface area contributed by atoms with Crippen molar-refractivity contribution < 1.29 is 4.79 Å². The quantitative estimate of drug-likeness (QED) is 0.835. The third-order valence-electron chi connectivity index (χ3n) is 5.69. The molecule has 3 saturated heterocycles. The Hall–Kier alpha value is -0.650. The summed E-state index contributed by atoms with van der Waals surface area (Å²) in [6, 6.07) is 0.655. The van der Waals surface area contributed by atoms with Crippen LogP contribution in [0.1, 0.15) is 39.0 Å². The fraction of sp³-hybridized carbons (Fsp3) is 0.941. The van der Waals surface area contributed by atoms with Crippen molar-refractivity contribution in [2.24, 2.45) is 0 Å². The molecule has 0 aromatic carbocycles. The fourth-order valence-electron chi connectivity index (χ4n) is 4.19. The highest BCUT2D eigenvalue weighted by atomic mass is 16.2. The Labute approximate surface area is 135 Å². The van der Waals surface area contributed by atoms with Gasteiger partial charge in [0.1, 0.15) is 0 Å². The number of likely N-dealkylation sites (tertiary alicyclic amines) is 2. The van der Waals surface area contributed by atoms with E-state index in [1.54, 1.807) is 0 Å². The van der Waals surface area contributed by atoms with Crippen LogP contribution in [0.4, 0.5) is 0 Å². The Kier molecular flexibility index (Phi) is 5.71. The van der Waals surface area contributed by atoms with E-state index in [2.05, 4.69) is 26.9 Å². The van der Waals surface area contributed by atoms with Crippen molar-refractivity contribution >= 4 is 5.91 Å². The second-order valence-corrected chi connectivity index (χ2v) is 7.14. The number of nitrogens with one attached hydrogen (secondary N) is 1. The highest BCUT2D eigenvalue weighted by Gasteiger charge is 2.34. The molecule has 22 heavy (non-hydrogen) atoms. The van der Waals surface area contributed by atoms with Crippen LogP contribution in [0.3, 0.4) is 0 Å². The van der Waals surface area contributed by atoms with Crippen molar-refractivity contribution in [2.75, 3.05) is 52.4 Å². The van der Waals surface area contributed by atoms with Gasteiger partial charge in [-0.2, -0.15) is 0 Å². The largest absolute Gasteiger partial charge is 0.340 e. The van der Waals surface area contributed by atoms with Gasteiger partial charge >= 0.3 is 0 Å². The zero-order chi connectivity index (χ0) is 15.4. The first kappa shape index (κ1) is 16.2. The van der Waals surface area contributed by atoms with Crippen LogP contribution in [0.25, 0.3) is 0 Å². The molecule has 1 amide bonds. The molecular formula is C17H32N4O. The molecular weight excluding hydrogens is 276 g/mol. The van der Waals surface area contributed by atoms with Crippen LogP contribution in [-0.2, 0) is 4.79 Å². The van der Waals surface area contributed by atoms with E-state index in [9.17, 15) is 4.79 Å². The molecule has 3 aliphatic heterocycles. The van der Waals surface area contributed by atoms with Gasteiger partial charge in [0, 0.05) is 45.3 Å². The summed E-state index contributed by atoms with van der Waals surface area (Å²) in [5, 5.41) is 3.41. The van der Waals surface area contributed by atoms with Crippen molar-refractivity contribution in [3.63, 3.8) is 0 Å². The van der Waals surface area contributed by atoms with Gasteiger partial charge in [0.15, 0.2) is 0 Å². The van der Waals surface area contributed by atoms with Gasteiger partial charge in [-0.25, -0.2) is 0 Å². The first-order chi connectivity index (χ1) is 10.8. The Morgan fingerprint density at radius 2 is 1.68 bits per heavy atom. The third-order valence-corrected chi connectivity index (χ3v) is 5.69. The van der Waals surface area contributed by atoms with Crippen LogP contribution in [0, 0.1) is 0 Å². The van der Waals surface area contributed by atoms with Gasteiger partial charge in [-0.3, -0.25) is 14.6 Å². The molecule has 3 heterocycles. The lowest BCUT2D eigenvalue weighted by Crippen LogP contribution is -2.51. The van der Waals surface area contributed by atoms with Crippen LogP contribution in [0.5, 0.6) is 0 Å². The van der Waals surface area contributed by atoms with Crippen LogP contribution >= 0.6 is 0 Å². The first-order valence-electron chi connectivity index (χ1n) is 9.23. The number of nitrogens with zero attached hydrogens (tertiary/aromatic N) is 3. The molecule has 3 rings (SSSR count). The van der Waals surface area contributed by atoms with E-state index in [0.29, 0.717) is 11.9 Å². The molecule has 0 radical (unpaired) electrons. The summed E-state index contributed by atoms with van der Waals surface area (Å²) in [5.41, 5.74) is 0. The number of rotatable bonds is 3. The maximum atomic E-state index is 12.8. The number of hydrogen-bond acceptors (Lipinski definition) is 4. The van der Waals surface area contributed by atoms with Crippen molar-refractivity contribution in [3.8, 4) is 0 Å². The minimum atomic E-state index is 0.0693. The molecule has 2 unspecified atom stereocenters. The molecule has 2 atom stereocenters. The number of piperazine rings is 1. The summed E-state index contributed by atoms with van der Waals surface area (Å²) in [6.45, 7) is 10.7. The molecule has 3 aliphatic rings. The maximum absolute atomic E-state index is 12.8. The second kappa shape index (κ2) is 7.75. The number of hydrogen-bond donors (Lipinski definition) is 1. The summed E-state index contributed by atoms with van der Waals surface area (Å²) in [4.78, 5) is 19.9. The molecule has 126 valence electrons. The van der Waals surface area contributed by atoms with Gasteiger partial charge in [-0.05, 0) is 39.3 Å². The van der Waals surface area contributed by atoms with E-state index in [-0.39, 0.29) is 6.04 Å². The highest BCUT2D eigenvalue weighted by molar-refractivity contribution is 5.81. The standard InChI is InChI=1S/C17H32N4O/c1-15(19-9-4-2-3-5-10-19)17(22)21-11-6-16(14-21)20-12-7-18-8-13-20/h15-16,18H,2-14H2,1H3. The topological polar surface area (TPSA) is 38.8 Å². The van der Waals surface area contributed by atoms with Gasteiger partial charge in [0.2, 0.25) is 5.91 Å². The lowest BCUT2D eigenvalue weighted by Gasteiger charge is -2.33. The van der Waals surface area contributed by atoms with Crippen molar-refractivity contribution in [1.29, 1.82) is 0 Å². The van der Waals surface area contributed by atoms with E-state index in [1.807, 2.05) is 0 Å².